The number of hydrogen-bond acceptors (Lipinski definition) is 3. The molecule has 0 aliphatic carbocycles. The first-order valence-corrected chi connectivity index (χ1v) is 7.51. The van der Waals surface area contributed by atoms with Crippen molar-refractivity contribution in [3.63, 3.8) is 0 Å². The van der Waals surface area contributed by atoms with Crippen molar-refractivity contribution in [2.75, 3.05) is 12.3 Å². The summed E-state index contributed by atoms with van der Waals surface area (Å²) in [5, 5.41) is 10.8. The summed E-state index contributed by atoms with van der Waals surface area (Å²) in [6.07, 6.45) is 0.872. The molecule has 0 aromatic heterocycles. The third-order valence-electron chi connectivity index (χ3n) is 2.62. The van der Waals surface area contributed by atoms with Gasteiger partial charge in [-0.1, -0.05) is 20.8 Å². The highest BCUT2D eigenvalue weighted by atomic mass is 32.2. The average molecular weight is 277 g/mol. The van der Waals surface area contributed by atoms with E-state index in [9.17, 15) is 13.8 Å². The molecule has 0 saturated carbocycles. The van der Waals surface area contributed by atoms with Crippen LogP contribution >= 0.6 is 0 Å². The van der Waals surface area contributed by atoms with Gasteiger partial charge in [-0.15, -0.1) is 0 Å². The van der Waals surface area contributed by atoms with Crippen LogP contribution in [0.15, 0.2) is 0 Å². The second-order valence-corrected chi connectivity index (χ2v) is 6.70. The summed E-state index contributed by atoms with van der Waals surface area (Å²) in [6.45, 7) is 7.73. The van der Waals surface area contributed by atoms with Crippen LogP contribution in [0.3, 0.4) is 0 Å². The van der Waals surface area contributed by atoms with Crippen molar-refractivity contribution in [1.82, 2.24) is 5.32 Å². The van der Waals surface area contributed by atoms with E-state index < -0.39 is 27.9 Å². The molecule has 3 unspecified atom stereocenters. The highest BCUT2D eigenvalue weighted by Gasteiger charge is 2.23. The first kappa shape index (κ1) is 17.1. The number of rotatable bonds is 8. The highest BCUT2D eigenvalue weighted by molar-refractivity contribution is 7.86. The van der Waals surface area contributed by atoms with E-state index in [-0.39, 0.29) is 11.7 Å². The van der Waals surface area contributed by atoms with Crippen molar-refractivity contribution in [3.05, 3.63) is 0 Å². The van der Waals surface area contributed by atoms with E-state index in [0.717, 1.165) is 6.42 Å². The molecule has 2 N–H and O–H groups in total. The second kappa shape index (κ2) is 8.24. The van der Waals surface area contributed by atoms with Gasteiger partial charge in [0.1, 0.15) is 5.25 Å². The van der Waals surface area contributed by atoms with Gasteiger partial charge in [-0.3, -0.25) is 13.8 Å². The Kier molecular flexibility index (Phi) is 7.82. The van der Waals surface area contributed by atoms with Crippen molar-refractivity contribution < 1.29 is 18.9 Å². The van der Waals surface area contributed by atoms with E-state index in [2.05, 4.69) is 19.2 Å². The van der Waals surface area contributed by atoms with Crippen LogP contribution in [0.1, 0.15) is 34.1 Å². The van der Waals surface area contributed by atoms with Crippen molar-refractivity contribution >= 4 is 22.7 Å². The number of hydrogen-bond donors (Lipinski definition) is 2. The topological polar surface area (TPSA) is 83.5 Å². The highest BCUT2D eigenvalue weighted by Crippen LogP contribution is 2.05. The van der Waals surface area contributed by atoms with Gasteiger partial charge in [-0.2, -0.15) is 0 Å². The summed E-state index contributed by atoms with van der Waals surface area (Å²) in [7, 11) is -1.45. The molecule has 0 fully saturated rings. The summed E-state index contributed by atoms with van der Waals surface area (Å²) in [5.74, 6) is -1.45. The molecule has 0 heterocycles. The van der Waals surface area contributed by atoms with Crippen LogP contribution < -0.4 is 5.32 Å². The molecule has 18 heavy (non-hydrogen) atoms. The summed E-state index contributed by atoms with van der Waals surface area (Å²) in [4.78, 5) is 22.3. The van der Waals surface area contributed by atoms with Crippen LogP contribution in [0, 0.1) is 11.8 Å². The molecule has 0 bridgehead atoms. The molecule has 106 valence electrons. The largest absolute Gasteiger partial charge is 0.481 e. The summed E-state index contributed by atoms with van der Waals surface area (Å²) in [5.41, 5.74) is 0. The molecule has 0 aromatic carbocycles. The van der Waals surface area contributed by atoms with E-state index in [1.165, 1.54) is 6.92 Å². The van der Waals surface area contributed by atoms with Gasteiger partial charge in [0.25, 0.3) is 0 Å². The predicted molar refractivity (Wildman–Crippen MR) is 71.7 cm³/mol. The lowest BCUT2D eigenvalue weighted by Gasteiger charge is -2.14. The van der Waals surface area contributed by atoms with Crippen LogP contribution in [-0.2, 0) is 20.4 Å². The Morgan fingerprint density at radius 3 is 2.22 bits per heavy atom. The molecule has 0 aliphatic heterocycles. The van der Waals surface area contributed by atoms with Crippen molar-refractivity contribution in [2.45, 2.75) is 39.4 Å². The quantitative estimate of drug-likeness (QED) is 0.693. The van der Waals surface area contributed by atoms with Crippen molar-refractivity contribution in [3.8, 4) is 0 Å². The predicted octanol–water partition coefficient (Wildman–Crippen LogP) is 1.01. The summed E-state index contributed by atoms with van der Waals surface area (Å²) >= 11 is 0. The first-order valence-electron chi connectivity index (χ1n) is 6.13. The van der Waals surface area contributed by atoms with Crippen LogP contribution in [0.4, 0.5) is 0 Å². The summed E-state index contributed by atoms with van der Waals surface area (Å²) < 4.78 is 11.8. The third-order valence-corrected chi connectivity index (χ3v) is 4.45. The second-order valence-electron chi connectivity index (χ2n) is 4.90. The maximum Gasteiger partial charge on any atom is 0.307 e. The zero-order chi connectivity index (χ0) is 14.3. The number of carbonyl (C=O) groups excluding carboxylic acids is 1. The van der Waals surface area contributed by atoms with Gasteiger partial charge in [0.2, 0.25) is 5.91 Å². The number of carboxylic acid groups (broad SMARTS) is 1. The molecule has 0 rings (SSSR count). The Labute approximate surface area is 111 Å². The molecule has 5 nitrogen and oxygen atoms in total. The molecule has 1 amide bonds. The third kappa shape index (κ3) is 6.74. The minimum atomic E-state index is -1.45. The van der Waals surface area contributed by atoms with Gasteiger partial charge in [0.05, 0.1) is 5.92 Å². The lowest BCUT2D eigenvalue weighted by molar-refractivity contribution is -0.140. The van der Waals surface area contributed by atoms with Crippen LogP contribution in [0.2, 0.25) is 0 Å². The SMILES string of the molecule is CC(C)CCNC(=O)C(C)S(=O)CC(C)C(=O)O. The van der Waals surface area contributed by atoms with Gasteiger partial charge in [0, 0.05) is 23.1 Å². The Morgan fingerprint density at radius 1 is 1.22 bits per heavy atom. The minimum Gasteiger partial charge on any atom is -0.481 e. The van der Waals surface area contributed by atoms with Crippen LogP contribution in [-0.4, -0.2) is 38.7 Å². The van der Waals surface area contributed by atoms with Crippen LogP contribution in [0.5, 0.6) is 0 Å². The van der Waals surface area contributed by atoms with Crippen molar-refractivity contribution in [2.24, 2.45) is 11.8 Å². The number of carbonyl (C=O) groups is 2. The first-order chi connectivity index (χ1) is 8.25. The monoisotopic (exact) mass is 277 g/mol. The standard InChI is InChI=1S/C12H23NO4S/c1-8(2)5-6-13-11(14)10(4)18(17)7-9(3)12(15)16/h8-10H,5-7H2,1-4H3,(H,13,14)(H,15,16). The molecule has 0 spiro atoms. The van der Waals surface area contributed by atoms with Crippen LogP contribution in [0.25, 0.3) is 0 Å². The molecular formula is C12H23NO4S. The number of aliphatic carboxylic acids is 1. The average Bonchev–Trinajstić information content (AvgIpc) is 2.26. The maximum absolute atomic E-state index is 11.8. The lowest BCUT2D eigenvalue weighted by atomic mass is 10.1. The zero-order valence-electron chi connectivity index (χ0n) is 11.4. The lowest BCUT2D eigenvalue weighted by Crippen LogP contribution is -2.38. The number of nitrogens with one attached hydrogen (secondary N) is 1. The Morgan fingerprint density at radius 2 is 1.78 bits per heavy atom. The van der Waals surface area contributed by atoms with Gasteiger partial charge >= 0.3 is 5.97 Å². The van der Waals surface area contributed by atoms with E-state index >= 15 is 0 Å². The fraction of sp³-hybridized carbons (Fsp3) is 0.833. The minimum absolute atomic E-state index is 0.00804. The Hall–Kier alpha value is -0.910. The molecule has 0 saturated heterocycles. The van der Waals surface area contributed by atoms with Gasteiger partial charge in [0.15, 0.2) is 0 Å². The fourth-order valence-electron chi connectivity index (χ4n) is 1.21. The number of carboxylic acids is 1. The van der Waals surface area contributed by atoms with E-state index in [4.69, 9.17) is 5.11 Å². The Balaban J connectivity index is 4.12. The Bertz CT molecular complexity index is 317. The normalized spacial score (nSPS) is 16.1. The van der Waals surface area contributed by atoms with Gasteiger partial charge in [-0.05, 0) is 19.3 Å². The molecule has 0 radical (unpaired) electrons. The van der Waals surface area contributed by atoms with E-state index in [1.54, 1.807) is 6.92 Å². The van der Waals surface area contributed by atoms with E-state index in [0.29, 0.717) is 12.5 Å². The molecule has 0 aromatic rings. The zero-order valence-corrected chi connectivity index (χ0v) is 12.3. The smallest absolute Gasteiger partial charge is 0.307 e. The van der Waals surface area contributed by atoms with Gasteiger partial charge < -0.3 is 10.4 Å². The molecule has 3 atom stereocenters. The van der Waals surface area contributed by atoms with Crippen molar-refractivity contribution in [1.29, 1.82) is 0 Å². The molecule has 0 aliphatic rings. The fourth-order valence-corrected chi connectivity index (χ4v) is 2.46. The van der Waals surface area contributed by atoms with E-state index in [1.807, 2.05) is 0 Å². The maximum atomic E-state index is 11.8. The molecule has 6 heteroatoms. The molecular weight excluding hydrogens is 254 g/mol. The van der Waals surface area contributed by atoms with Gasteiger partial charge in [-0.25, -0.2) is 0 Å². The number of amides is 1. The summed E-state index contributed by atoms with van der Waals surface area (Å²) in [6, 6.07) is 0.